The molecular formula is C30H29N5O2. The van der Waals surface area contributed by atoms with Crippen molar-refractivity contribution in [3.63, 3.8) is 0 Å². The number of para-hydroxylation sites is 1. The Hall–Kier alpha value is -4.65. The summed E-state index contributed by atoms with van der Waals surface area (Å²) in [4.78, 5) is 26.9. The van der Waals surface area contributed by atoms with Crippen molar-refractivity contribution >= 4 is 29.0 Å². The third kappa shape index (κ3) is 4.76. The van der Waals surface area contributed by atoms with Crippen molar-refractivity contribution in [3.05, 3.63) is 118 Å². The minimum Gasteiger partial charge on any atom is -0.343 e. The van der Waals surface area contributed by atoms with Crippen LogP contribution in [0, 0.1) is 20.8 Å². The molecule has 1 aromatic heterocycles. The van der Waals surface area contributed by atoms with E-state index in [0.717, 1.165) is 27.9 Å². The summed E-state index contributed by atoms with van der Waals surface area (Å²) in [6.45, 7) is 7.87. The van der Waals surface area contributed by atoms with Crippen molar-refractivity contribution < 1.29 is 9.59 Å². The van der Waals surface area contributed by atoms with Crippen LogP contribution in [0.3, 0.4) is 0 Å². The van der Waals surface area contributed by atoms with Gasteiger partial charge in [-0.1, -0.05) is 65.7 Å². The van der Waals surface area contributed by atoms with Crippen molar-refractivity contribution in [2.24, 2.45) is 0 Å². The molecule has 0 spiro atoms. The largest absolute Gasteiger partial charge is 0.343 e. The quantitative estimate of drug-likeness (QED) is 0.320. The Labute approximate surface area is 216 Å². The first-order valence-corrected chi connectivity index (χ1v) is 12.2. The van der Waals surface area contributed by atoms with E-state index < -0.39 is 6.04 Å². The van der Waals surface area contributed by atoms with Gasteiger partial charge in [-0.2, -0.15) is 5.10 Å². The van der Waals surface area contributed by atoms with Crippen molar-refractivity contribution in [1.82, 2.24) is 9.78 Å². The molecule has 5 rings (SSSR count). The third-order valence-corrected chi connectivity index (χ3v) is 6.53. The molecule has 0 saturated heterocycles. The molecule has 2 amide bonds. The fraction of sp³-hybridized carbons (Fsp3) is 0.167. The highest BCUT2D eigenvalue weighted by molar-refractivity contribution is 6.09. The molecule has 0 fully saturated rings. The SMILES string of the molecule is CC1=C(C(=O)Nc2ccc(C)cc2C)[C@@H](c2cccc(C)c2)n2ncc(C(=O)Nc3ccccc3)c2N1. The summed E-state index contributed by atoms with van der Waals surface area (Å²) in [5, 5.41) is 13.9. The minimum absolute atomic E-state index is 0.222. The van der Waals surface area contributed by atoms with E-state index in [1.54, 1.807) is 10.9 Å². The third-order valence-electron chi connectivity index (χ3n) is 6.53. The second-order valence-corrected chi connectivity index (χ2v) is 9.42. The van der Waals surface area contributed by atoms with E-state index in [-0.39, 0.29) is 11.8 Å². The van der Waals surface area contributed by atoms with Gasteiger partial charge in [-0.25, -0.2) is 4.68 Å². The average Bonchev–Trinajstić information content (AvgIpc) is 3.29. The number of nitrogens with one attached hydrogen (secondary N) is 3. The van der Waals surface area contributed by atoms with E-state index in [4.69, 9.17) is 0 Å². The highest BCUT2D eigenvalue weighted by Gasteiger charge is 2.35. The van der Waals surface area contributed by atoms with Crippen molar-refractivity contribution in [1.29, 1.82) is 0 Å². The second kappa shape index (κ2) is 9.78. The van der Waals surface area contributed by atoms with Gasteiger partial charge in [0.15, 0.2) is 0 Å². The summed E-state index contributed by atoms with van der Waals surface area (Å²) in [5.41, 5.74) is 7.14. The van der Waals surface area contributed by atoms with Gasteiger partial charge in [0.05, 0.1) is 11.8 Å². The molecule has 0 bridgehead atoms. The van der Waals surface area contributed by atoms with Gasteiger partial charge in [-0.05, 0) is 57.0 Å². The van der Waals surface area contributed by atoms with E-state index in [0.29, 0.717) is 28.3 Å². The van der Waals surface area contributed by atoms with Crippen LogP contribution in [0.4, 0.5) is 17.2 Å². The van der Waals surface area contributed by atoms with Crippen molar-refractivity contribution in [2.75, 3.05) is 16.0 Å². The Morgan fingerprint density at radius 2 is 1.59 bits per heavy atom. The lowest BCUT2D eigenvalue weighted by atomic mass is 9.93. The van der Waals surface area contributed by atoms with Gasteiger partial charge >= 0.3 is 0 Å². The summed E-state index contributed by atoms with van der Waals surface area (Å²) in [6, 6.07) is 22.7. The van der Waals surface area contributed by atoms with Crippen molar-refractivity contribution in [3.8, 4) is 0 Å². The van der Waals surface area contributed by atoms with Crippen LogP contribution in [0.1, 0.15) is 45.6 Å². The Morgan fingerprint density at radius 1 is 0.838 bits per heavy atom. The van der Waals surface area contributed by atoms with Gasteiger partial charge < -0.3 is 16.0 Å². The number of hydrogen-bond acceptors (Lipinski definition) is 4. The molecule has 37 heavy (non-hydrogen) atoms. The van der Waals surface area contributed by atoms with Gasteiger partial charge in [0.25, 0.3) is 11.8 Å². The molecule has 7 heteroatoms. The predicted octanol–water partition coefficient (Wildman–Crippen LogP) is 5.99. The number of aryl methyl sites for hydroxylation is 3. The van der Waals surface area contributed by atoms with E-state index in [1.165, 1.54) is 0 Å². The highest BCUT2D eigenvalue weighted by atomic mass is 16.2. The zero-order chi connectivity index (χ0) is 26.1. The summed E-state index contributed by atoms with van der Waals surface area (Å²) in [6.07, 6.45) is 1.54. The standard InChI is InChI=1S/C30H29N5O2/c1-18-9-8-10-22(16-18)27-26(30(37)34-25-14-13-19(2)15-20(25)3)21(4)32-28-24(17-31-35(27)28)29(36)33-23-11-6-5-7-12-23/h5-17,27,32H,1-4H3,(H,33,36)(H,34,37)/t27-/m1/s1. The second-order valence-electron chi connectivity index (χ2n) is 9.42. The van der Waals surface area contributed by atoms with Gasteiger partial charge in [-0.3, -0.25) is 9.59 Å². The number of carbonyl (C=O) groups is 2. The molecule has 0 radical (unpaired) electrons. The van der Waals surface area contributed by atoms with Gasteiger partial charge in [-0.15, -0.1) is 0 Å². The van der Waals surface area contributed by atoms with Crippen LogP contribution in [0.25, 0.3) is 0 Å². The van der Waals surface area contributed by atoms with Crippen LogP contribution < -0.4 is 16.0 Å². The summed E-state index contributed by atoms with van der Waals surface area (Å²) >= 11 is 0. The first-order chi connectivity index (χ1) is 17.8. The molecule has 3 N–H and O–H groups in total. The zero-order valence-electron chi connectivity index (χ0n) is 21.3. The molecule has 1 aliphatic rings. The molecule has 1 atom stereocenters. The Bertz CT molecular complexity index is 1530. The highest BCUT2D eigenvalue weighted by Crippen LogP contribution is 2.38. The van der Waals surface area contributed by atoms with E-state index >= 15 is 0 Å². The van der Waals surface area contributed by atoms with E-state index in [1.807, 2.05) is 100 Å². The van der Waals surface area contributed by atoms with Crippen LogP contribution >= 0.6 is 0 Å². The molecule has 4 aromatic rings. The van der Waals surface area contributed by atoms with E-state index in [9.17, 15) is 9.59 Å². The Morgan fingerprint density at radius 3 is 2.32 bits per heavy atom. The zero-order valence-corrected chi connectivity index (χ0v) is 21.3. The van der Waals surface area contributed by atoms with Gasteiger partial charge in [0.2, 0.25) is 0 Å². The number of amides is 2. The maximum Gasteiger partial charge on any atom is 0.261 e. The predicted molar refractivity (Wildman–Crippen MR) is 147 cm³/mol. The fourth-order valence-electron chi connectivity index (χ4n) is 4.73. The van der Waals surface area contributed by atoms with Crippen LogP contribution in [-0.4, -0.2) is 21.6 Å². The van der Waals surface area contributed by atoms with E-state index in [2.05, 4.69) is 21.0 Å². The van der Waals surface area contributed by atoms with Crippen LogP contribution in [0.2, 0.25) is 0 Å². The summed E-state index contributed by atoms with van der Waals surface area (Å²) in [5.74, 6) is 0.0410. The van der Waals surface area contributed by atoms with Gasteiger partial charge in [0.1, 0.15) is 17.4 Å². The van der Waals surface area contributed by atoms with Crippen LogP contribution in [0.5, 0.6) is 0 Å². The van der Waals surface area contributed by atoms with Crippen molar-refractivity contribution in [2.45, 2.75) is 33.7 Å². The molecule has 2 heterocycles. The monoisotopic (exact) mass is 491 g/mol. The minimum atomic E-state index is -0.514. The first-order valence-electron chi connectivity index (χ1n) is 12.2. The first kappa shape index (κ1) is 24.1. The molecule has 3 aromatic carbocycles. The van der Waals surface area contributed by atoms with Gasteiger partial charge in [0, 0.05) is 17.1 Å². The molecule has 186 valence electrons. The molecular weight excluding hydrogens is 462 g/mol. The lowest BCUT2D eigenvalue weighted by Crippen LogP contribution is -2.32. The number of allylic oxidation sites excluding steroid dienone is 1. The van der Waals surface area contributed by atoms with Crippen LogP contribution in [0.15, 0.2) is 90.3 Å². The number of hydrogen-bond donors (Lipinski definition) is 3. The summed E-state index contributed by atoms with van der Waals surface area (Å²) in [7, 11) is 0. The number of anilines is 3. The Balaban J connectivity index is 1.55. The number of carbonyl (C=O) groups excluding carboxylic acids is 2. The molecule has 0 unspecified atom stereocenters. The average molecular weight is 492 g/mol. The van der Waals surface area contributed by atoms with Crippen LogP contribution in [-0.2, 0) is 4.79 Å². The maximum atomic E-state index is 13.7. The lowest BCUT2D eigenvalue weighted by molar-refractivity contribution is -0.113. The Kier molecular flexibility index (Phi) is 6.36. The number of nitrogens with zero attached hydrogens (tertiary/aromatic N) is 2. The maximum absolute atomic E-state index is 13.7. The smallest absolute Gasteiger partial charge is 0.261 e. The fourth-order valence-corrected chi connectivity index (χ4v) is 4.73. The number of benzene rings is 3. The normalized spacial score (nSPS) is 14.5. The molecule has 7 nitrogen and oxygen atoms in total. The summed E-state index contributed by atoms with van der Waals surface area (Å²) < 4.78 is 1.72. The lowest BCUT2D eigenvalue weighted by Gasteiger charge is -2.30. The molecule has 1 aliphatic heterocycles. The molecule has 0 aliphatic carbocycles. The number of rotatable bonds is 5. The topological polar surface area (TPSA) is 88.0 Å². The number of fused-ring (bicyclic) bond motifs is 1. The molecule has 0 saturated carbocycles. The number of aromatic nitrogens is 2.